The molecule has 0 aromatic carbocycles. The fourth-order valence-corrected chi connectivity index (χ4v) is 3.91. The summed E-state index contributed by atoms with van der Waals surface area (Å²) in [4.78, 5) is 14.7. The summed E-state index contributed by atoms with van der Waals surface area (Å²) in [5.74, 6) is 0.514. The first-order valence-corrected chi connectivity index (χ1v) is 9.29. The maximum atomic E-state index is 12.3. The molecule has 2 aromatic heterocycles. The molecule has 0 radical (unpaired) electrons. The molecule has 0 saturated carbocycles. The zero-order valence-corrected chi connectivity index (χ0v) is 14.8. The van der Waals surface area contributed by atoms with Gasteiger partial charge in [-0.2, -0.15) is 5.10 Å². The number of likely N-dealkylation sites (tertiary alicyclic amines) is 1. The van der Waals surface area contributed by atoms with Crippen molar-refractivity contribution in [1.82, 2.24) is 25.0 Å². The highest BCUT2D eigenvalue weighted by Crippen LogP contribution is 2.21. The second-order valence-electron chi connectivity index (χ2n) is 7.36. The van der Waals surface area contributed by atoms with Crippen LogP contribution in [-0.2, 0) is 25.9 Å². The molecular weight excluding hydrogens is 318 g/mol. The van der Waals surface area contributed by atoms with Gasteiger partial charge in [-0.15, -0.1) is 0 Å². The summed E-state index contributed by atoms with van der Waals surface area (Å²) < 4.78 is 6.48. The molecule has 7 heteroatoms. The lowest BCUT2D eigenvalue weighted by atomic mass is 9.95. The third-order valence-electron chi connectivity index (χ3n) is 5.53. The fourth-order valence-electron chi connectivity index (χ4n) is 3.91. The zero-order valence-electron chi connectivity index (χ0n) is 14.8. The van der Waals surface area contributed by atoms with Crippen LogP contribution >= 0.6 is 0 Å². The minimum absolute atomic E-state index is 0.0624. The third-order valence-corrected chi connectivity index (χ3v) is 5.53. The largest absolute Gasteiger partial charge is 0.297 e. The predicted octanol–water partition coefficient (Wildman–Crippen LogP) is 1.73. The van der Waals surface area contributed by atoms with Gasteiger partial charge in [0.15, 0.2) is 0 Å². The fraction of sp³-hybridized carbons (Fsp3) is 0.667. The predicted molar refractivity (Wildman–Crippen MR) is 92.2 cm³/mol. The molecule has 1 aliphatic carbocycles. The Morgan fingerprint density at radius 1 is 1.20 bits per heavy atom. The van der Waals surface area contributed by atoms with E-state index in [1.807, 2.05) is 13.0 Å². The lowest BCUT2D eigenvalue weighted by Crippen LogP contribution is -2.37. The lowest BCUT2D eigenvalue weighted by molar-refractivity contribution is 0.159. The minimum Gasteiger partial charge on any atom is -0.297 e. The smallest absolute Gasteiger partial charge is 0.267 e. The van der Waals surface area contributed by atoms with E-state index >= 15 is 0 Å². The standard InChI is InChI=1S/C18H25N5O2/c1-13-17(21-25-20-13)12-22-8-6-14(7-9-22)11-23-18(24)10-15-4-2-3-5-16(15)19-23/h10,14H,2-9,11-12H2,1H3. The van der Waals surface area contributed by atoms with Crippen LogP contribution in [0.1, 0.15) is 48.3 Å². The molecule has 0 unspecified atom stereocenters. The monoisotopic (exact) mass is 343 g/mol. The van der Waals surface area contributed by atoms with Crippen LogP contribution in [0.15, 0.2) is 15.5 Å². The highest BCUT2D eigenvalue weighted by molar-refractivity contribution is 5.20. The molecule has 4 rings (SSSR count). The van der Waals surface area contributed by atoms with Crippen LogP contribution in [0.2, 0.25) is 0 Å². The van der Waals surface area contributed by atoms with Crippen LogP contribution < -0.4 is 5.56 Å². The summed E-state index contributed by atoms with van der Waals surface area (Å²) in [6.07, 6.45) is 6.54. The number of piperidine rings is 1. The van der Waals surface area contributed by atoms with Crippen molar-refractivity contribution in [2.75, 3.05) is 13.1 Å². The van der Waals surface area contributed by atoms with Crippen LogP contribution in [0.25, 0.3) is 0 Å². The Bertz CT molecular complexity index is 789. The van der Waals surface area contributed by atoms with Crippen molar-refractivity contribution in [3.63, 3.8) is 0 Å². The Morgan fingerprint density at radius 3 is 2.76 bits per heavy atom. The van der Waals surface area contributed by atoms with Crippen molar-refractivity contribution in [1.29, 1.82) is 0 Å². The Labute approximate surface area is 147 Å². The Hall–Kier alpha value is -2.02. The SMILES string of the molecule is Cc1nonc1CN1CCC(Cn2nc3c(cc2=O)CCCC3)CC1. The first-order chi connectivity index (χ1) is 12.2. The molecule has 25 heavy (non-hydrogen) atoms. The van der Waals surface area contributed by atoms with E-state index in [1.54, 1.807) is 4.68 Å². The average Bonchev–Trinajstić information content (AvgIpc) is 3.02. The first kappa shape index (κ1) is 16.4. The van der Waals surface area contributed by atoms with Gasteiger partial charge in [0.05, 0.1) is 5.69 Å². The van der Waals surface area contributed by atoms with Crippen molar-refractivity contribution in [2.24, 2.45) is 5.92 Å². The van der Waals surface area contributed by atoms with Gasteiger partial charge < -0.3 is 0 Å². The van der Waals surface area contributed by atoms with Crippen molar-refractivity contribution >= 4 is 0 Å². The van der Waals surface area contributed by atoms with Crippen LogP contribution in [0.5, 0.6) is 0 Å². The van der Waals surface area contributed by atoms with Crippen LogP contribution in [-0.4, -0.2) is 38.1 Å². The number of rotatable bonds is 4. The van der Waals surface area contributed by atoms with Crippen LogP contribution in [0, 0.1) is 12.8 Å². The van der Waals surface area contributed by atoms with E-state index in [-0.39, 0.29) is 5.56 Å². The average molecular weight is 343 g/mol. The van der Waals surface area contributed by atoms with E-state index in [4.69, 9.17) is 4.63 Å². The normalized spacial score (nSPS) is 19.1. The number of hydrogen-bond acceptors (Lipinski definition) is 6. The molecule has 134 valence electrons. The van der Waals surface area contributed by atoms with E-state index in [1.165, 1.54) is 18.4 Å². The lowest BCUT2D eigenvalue weighted by Gasteiger charge is -2.31. The van der Waals surface area contributed by atoms with Crippen molar-refractivity contribution in [2.45, 2.75) is 58.5 Å². The summed E-state index contributed by atoms with van der Waals surface area (Å²) in [5.41, 5.74) is 4.15. The molecule has 7 nitrogen and oxygen atoms in total. The van der Waals surface area contributed by atoms with Gasteiger partial charge >= 0.3 is 0 Å². The molecule has 1 aliphatic heterocycles. The number of fused-ring (bicyclic) bond motifs is 1. The van der Waals surface area contributed by atoms with E-state index in [2.05, 4.69) is 20.3 Å². The second kappa shape index (κ2) is 7.07. The Morgan fingerprint density at radius 2 is 2.00 bits per heavy atom. The molecule has 2 aromatic rings. The van der Waals surface area contributed by atoms with E-state index in [0.717, 1.165) is 68.9 Å². The molecule has 3 heterocycles. The molecule has 2 aliphatic rings. The third kappa shape index (κ3) is 3.66. The second-order valence-corrected chi connectivity index (χ2v) is 7.36. The summed E-state index contributed by atoms with van der Waals surface area (Å²) in [7, 11) is 0. The van der Waals surface area contributed by atoms with Crippen molar-refractivity contribution in [3.05, 3.63) is 39.1 Å². The van der Waals surface area contributed by atoms with Crippen LogP contribution in [0.4, 0.5) is 0 Å². The number of nitrogens with zero attached hydrogens (tertiary/aromatic N) is 5. The highest BCUT2D eigenvalue weighted by atomic mass is 16.6. The summed E-state index contributed by atoms with van der Waals surface area (Å²) in [6.45, 7) is 5.48. The number of aromatic nitrogens is 4. The molecule has 0 amide bonds. The van der Waals surface area contributed by atoms with Gasteiger partial charge in [-0.3, -0.25) is 9.69 Å². The summed E-state index contributed by atoms with van der Waals surface area (Å²) in [6, 6.07) is 1.82. The molecule has 0 bridgehead atoms. The molecule has 0 atom stereocenters. The zero-order chi connectivity index (χ0) is 17.2. The molecule has 1 saturated heterocycles. The maximum absolute atomic E-state index is 12.3. The minimum atomic E-state index is 0.0624. The topological polar surface area (TPSA) is 77.1 Å². The van der Waals surface area contributed by atoms with Crippen LogP contribution in [0.3, 0.4) is 0 Å². The van der Waals surface area contributed by atoms with Gasteiger partial charge in [-0.1, -0.05) is 10.3 Å². The van der Waals surface area contributed by atoms with E-state index < -0.39 is 0 Å². The number of hydrogen-bond donors (Lipinski definition) is 0. The van der Waals surface area contributed by atoms with E-state index in [0.29, 0.717) is 5.92 Å². The van der Waals surface area contributed by atoms with Gasteiger partial charge in [0.25, 0.3) is 5.56 Å². The highest BCUT2D eigenvalue weighted by Gasteiger charge is 2.22. The van der Waals surface area contributed by atoms with E-state index in [9.17, 15) is 4.79 Å². The van der Waals surface area contributed by atoms with Crippen molar-refractivity contribution in [3.8, 4) is 0 Å². The number of aryl methyl sites for hydroxylation is 3. The van der Waals surface area contributed by atoms with Gasteiger partial charge in [-0.25, -0.2) is 9.31 Å². The maximum Gasteiger partial charge on any atom is 0.267 e. The summed E-state index contributed by atoms with van der Waals surface area (Å²) >= 11 is 0. The quantitative estimate of drug-likeness (QED) is 0.841. The molecule has 0 spiro atoms. The van der Waals surface area contributed by atoms with Gasteiger partial charge in [-0.05, 0) is 70.0 Å². The molecular formula is C18H25N5O2. The van der Waals surface area contributed by atoms with Crippen molar-refractivity contribution < 1.29 is 4.63 Å². The van der Waals surface area contributed by atoms with Gasteiger partial charge in [0.1, 0.15) is 11.4 Å². The van der Waals surface area contributed by atoms with Gasteiger partial charge in [0.2, 0.25) is 0 Å². The van der Waals surface area contributed by atoms with Gasteiger partial charge in [0, 0.05) is 19.2 Å². The summed E-state index contributed by atoms with van der Waals surface area (Å²) in [5, 5.41) is 12.5. The molecule has 1 fully saturated rings. The molecule has 0 N–H and O–H groups in total. The Balaban J connectivity index is 1.36. The Kier molecular flexibility index (Phi) is 4.65. The first-order valence-electron chi connectivity index (χ1n) is 9.29.